The Labute approximate surface area is 84.7 Å². The lowest BCUT2D eigenvalue weighted by Gasteiger charge is -2.14. The zero-order valence-electron chi connectivity index (χ0n) is 8.49. The molecule has 0 aliphatic rings. The van der Waals surface area contributed by atoms with Crippen LogP contribution < -0.4 is 0 Å². The average molecular weight is 193 g/mol. The summed E-state index contributed by atoms with van der Waals surface area (Å²) < 4.78 is 0. The van der Waals surface area contributed by atoms with E-state index in [4.69, 9.17) is 10.5 Å². The maximum Gasteiger partial charge on any atom is 0.129 e. The molecule has 0 radical (unpaired) electrons. The smallest absolute Gasteiger partial charge is 0.129 e. The van der Waals surface area contributed by atoms with E-state index in [2.05, 4.69) is 0 Å². The van der Waals surface area contributed by atoms with E-state index in [-0.39, 0.29) is 18.9 Å². The van der Waals surface area contributed by atoms with Gasteiger partial charge in [0.2, 0.25) is 0 Å². The number of nitriles is 2. The van der Waals surface area contributed by atoms with Crippen molar-refractivity contribution in [3.05, 3.63) is 0 Å². The molecule has 14 heavy (non-hydrogen) atoms. The summed E-state index contributed by atoms with van der Waals surface area (Å²) in [5.74, 6) is 0.192. The number of unbranched alkanes of at least 4 members (excludes halogenated alkanes) is 1. The maximum absolute atomic E-state index is 10.6. The molecule has 0 saturated heterocycles. The van der Waals surface area contributed by atoms with Crippen LogP contribution >= 0.6 is 0 Å². The highest BCUT2D eigenvalue weighted by molar-refractivity contribution is 5.75. The Bertz CT molecular complexity index is 233. The Morgan fingerprint density at radius 3 is 2.21 bits per heavy atom. The molecule has 0 fully saturated rings. The number of ketones is 1. The number of carbonyl (C=O) groups excluding carboxylic acids is 1. The van der Waals surface area contributed by atoms with Gasteiger partial charge in [0, 0.05) is 13.0 Å². The van der Waals surface area contributed by atoms with Crippen LogP contribution in [0.1, 0.15) is 26.2 Å². The molecular formula is C10H15N3O. The maximum atomic E-state index is 10.6. The molecule has 0 heterocycles. The summed E-state index contributed by atoms with van der Waals surface area (Å²) in [5.41, 5.74) is 0. The third-order valence-electron chi connectivity index (χ3n) is 1.84. The van der Waals surface area contributed by atoms with Gasteiger partial charge in [0.05, 0.1) is 25.2 Å². The molecule has 0 atom stereocenters. The first kappa shape index (κ1) is 12.6. The van der Waals surface area contributed by atoms with E-state index in [1.807, 2.05) is 12.1 Å². The van der Waals surface area contributed by atoms with E-state index in [0.29, 0.717) is 13.0 Å². The first-order valence-corrected chi connectivity index (χ1v) is 4.66. The van der Waals surface area contributed by atoms with Crippen molar-refractivity contribution in [1.29, 1.82) is 10.5 Å². The number of carbonyl (C=O) groups is 1. The third kappa shape index (κ3) is 7.27. The number of hydrogen-bond acceptors (Lipinski definition) is 4. The van der Waals surface area contributed by atoms with Crippen molar-refractivity contribution >= 4 is 5.78 Å². The molecule has 0 spiro atoms. The van der Waals surface area contributed by atoms with E-state index in [1.54, 1.807) is 11.8 Å². The Hall–Kier alpha value is -1.39. The number of hydrogen-bond donors (Lipinski definition) is 0. The van der Waals surface area contributed by atoms with Crippen molar-refractivity contribution in [1.82, 2.24) is 4.90 Å². The molecule has 76 valence electrons. The molecule has 4 nitrogen and oxygen atoms in total. The summed E-state index contributed by atoms with van der Waals surface area (Å²) in [6, 6.07) is 4.02. The Kier molecular flexibility index (Phi) is 7.40. The van der Waals surface area contributed by atoms with Crippen LogP contribution in [0.4, 0.5) is 0 Å². The second-order valence-corrected chi connectivity index (χ2v) is 3.19. The van der Waals surface area contributed by atoms with Crippen LogP contribution in [0.5, 0.6) is 0 Å². The van der Waals surface area contributed by atoms with Crippen molar-refractivity contribution in [3.8, 4) is 12.1 Å². The van der Waals surface area contributed by atoms with Crippen LogP contribution in [0.3, 0.4) is 0 Å². The van der Waals surface area contributed by atoms with E-state index in [1.165, 1.54) is 0 Å². The zero-order chi connectivity index (χ0) is 10.8. The topological polar surface area (TPSA) is 67.9 Å². The summed E-state index contributed by atoms with van der Waals surface area (Å²) in [5, 5.41) is 16.9. The van der Waals surface area contributed by atoms with E-state index >= 15 is 0 Å². The van der Waals surface area contributed by atoms with Crippen LogP contribution in [0, 0.1) is 22.7 Å². The second kappa shape index (κ2) is 8.22. The number of Topliss-reactive ketones (excluding diaryl/α,β-unsaturated/α-hetero) is 1. The molecule has 0 aliphatic heterocycles. The Morgan fingerprint density at radius 2 is 1.79 bits per heavy atom. The van der Waals surface area contributed by atoms with E-state index < -0.39 is 0 Å². The molecule has 0 N–H and O–H groups in total. The van der Waals surface area contributed by atoms with Gasteiger partial charge in [-0.25, -0.2) is 0 Å². The predicted octanol–water partition coefficient (Wildman–Crippen LogP) is 1.09. The van der Waals surface area contributed by atoms with Crippen LogP contribution in [0.15, 0.2) is 0 Å². The fraction of sp³-hybridized carbons (Fsp3) is 0.700. The summed E-state index contributed by atoms with van der Waals surface area (Å²) in [6.07, 6.45) is 2.29. The highest BCUT2D eigenvalue weighted by Crippen LogP contribution is 1.99. The molecule has 0 aromatic rings. The van der Waals surface area contributed by atoms with Crippen molar-refractivity contribution in [3.63, 3.8) is 0 Å². The van der Waals surface area contributed by atoms with Gasteiger partial charge in [-0.3, -0.25) is 4.90 Å². The Balaban J connectivity index is 3.57. The first-order chi connectivity index (χ1) is 6.70. The normalized spacial score (nSPS) is 9.43. The largest absolute Gasteiger partial charge is 0.300 e. The standard InChI is InChI=1S/C10H15N3O/c1-10(14)4-2-3-7-13(8-5-11)9-6-12/h2-4,7-9H2,1H3. The molecular weight excluding hydrogens is 178 g/mol. The van der Waals surface area contributed by atoms with E-state index in [0.717, 1.165) is 12.8 Å². The minimum Gasteiger partial charge on any atom is -0.300 e. The number of rotatable bonds is 7. The fourth-order valence-corrected chi connectivity index (χ4v) is 1.12. The summed E-state index contributed by atoms with van der Waals surface area (Å²) in [7, 11) is 0. The third-order valence-corrected chi connectivity index (χ3v) is 1.84. The molecule has 0 rings (SSSR count). The molecule has 0 unspecified atom stereocenters. The second-order valence-electron chi connectivity index (χ2n) is 3.19. The van der Waals surface area contributed by atoms with Gasteiger partial charge in [-0.2, -0.15) is 10.5 Å². The van der Waals surface area contributed by atoms with Gasteiger partial charge in [-0.05, 0) is 19.8 Å². The molecule has 0 aromatic carbocycles. The molecule has 0 amide bonds. The lowest BCUT2D eigenvalue weighted by atomic mass is 10.2. The molecule has 0 aromatic heterocycles. The van der Waals surface area contributed by atoms with Crippen LogP contribution in [0.2, 0.25) is 0 Å². The van der Waals surface area contributed by atoms with Gasteiger partial charge in [0.1, 0.15) is 5.78 Å². The zero-order valence-corrected chi connectivity index (χ0v) is 8.49. The van der Waals surface area contributed by atoms with Crippen molar-refractivity contribution in [2.75, 3.05) is 19.6 Å². The van der Waals surface area contributed by atoms with Crippen LogP contribution in [-0.2, 0) is 4.79 Å². The molecule has 0 bridgehead atoms. The minimum atomic E-state index is 0.192. The Morgan fingerprint density at radius 1 is 1.21 bits per heavy atom. The van der Waals surface area contributed by atoms with Crippen molar-refractivity contribution < 1.29 is 4.79 Å². The minimum absolute atomic E-state index is 0.192. The molecule has 0 saturated carbocycles. The van der Waals surface area contributed by atoms with Crippen molar-refractivity contribution in [2.45, 2.75) is 26.2 Å². The molecule has 4 heteroatoms. The summed E-state index contributed by atoms with van der Waals surface area (Å²) >= 11 is 0. The summed E-state index contributed by atoms with van der Waals surface area (Å²) in [4.78, 5) is 12.4. The quantitative estimate of drug-likeness (QED) is 0.448. The summed E-state index contributed by atoms with van der Waals surface area (Å²) in [6.45, 7) is 2.86. The van der Waals surface area contributed by atoms with Gasteiger partial charge in [-0.1, -0.05) is 0 Å². The van der Waals surface area contributed by atoms with Gasteiger partial charge in [-0.15, -0.1) is 0 Å². The number of nitrogens with zero attached hydrogens (tertiary/aromatic N) is 3. The average Bonchev–Trinajstić information content (AvgIpc) is 2.12. The lowest BCUT2D eigenvalue weighted by molar-refractivity contribution is -0.117. The monoisotopic (exact) mass is 193 g/mol. The highest BCUT2D eigenvalue weighted by Gasteiger charge is 2.02. The van der Waals surface area contributed by atoms with Crippen molar-refractivity contribution in [2.24, 2.45) is 0 Å². The fourth-order valence-electron chi connectivity index (χ4n) is 1.12. The van der Waals surface area contributed by atoms with Crippen LogP contribution in [-0.4, -0.2) is 30.3 Å². The lowest BCUT2D eigenvalue weighted by Crippen LogP contribution is -2.25. The first-order valence-electron chi connectivity index (χ1n) is 4.66. The van der Waals surface area contributed by atoms with Gasteiger partial charge in [0.15, 0.2) is 0 Å². The predicted molar refractivity (Wildman–Crippen MR) is 52.2 cm³/mol. The SMILES string of the molecule is CC(=O)CCCCN(CC#N)CC#N. The highest BCUT2D eigenvalue weighted by atomic mass is 16.1. The van der Waals surface area contributed by atoms with E-state index in [9.17, 15) is 4.79 Å². The van der Waals surface area contributed by atoms with Crippen LogP contribution in [0.25, 0.3) is 0 Å². The van der Waals surface area contributed by atoms with Gasteiger partial charge < -0.3 is 4.79 Å². The van der Waals surface area contributed by atoms with Gasteiger partial charge >= 0.3 is 0 Å². The van der Waals surface area contributed by atoms with Gasteiger partial charge in [0.25, 0.3) is 0 Å². The molecule has 0 aliphatic carbocycles.